The molecule has 0 atom stereocenters. The van der Waals surface area contributed by atoms with Crippen molar-refractivity contribution in [2.24, 2.45) is 0 Å². The van der Waals surface area contributed by atoms with Gasteiger partial charge < -0.3 is 0 Å². The summed E-state index contributed by atoms with van der Waals surface area (Å²) in [6, 6.07) is 16.4. The summed E-state index contributed by atoms with van der Waals surface area (Å²) in [4.78, 5) is 12.0. The summed E-state index contributed by atoms with van der Waals surface area (Å²) in [6.07, 6.45) is 0. The Kier molecular flexibility index (Phi) is 5.60. The number of sulfone groups is 1. The number of carbonyl (C=O) groups is 1. The minimum absolute atomic E-state index is 0. The van der Waals surface area contributed by atoms with Gasteiger partial charge in [-0.25, -0.2) is 8.42 Å². The molecule has 2 rings (SSSR count). The van der Waals surface area contributed by atoms with Crippen LogP contribution in [-0.2, 0) is 29.9 Å². The van der Waals surface area contributed by atoms with Gasteiger partial charge in [-0.05, 0) is 12.1 Å². The van der Waals surface area contributed by atoms with Gasteiger partial charge in [0.25, 0.3) is 0 Å². The van der Waals surface area contributed by atoms with Crippen molar-refractivity contribution in [3.8, 4) is 0 Å². The maximum atomic E-state index is 12.0. The molecule has 0 aliphatic carbocycles. The number of carbonyl (C=O) groups excluding carboxylic acids is 1. The van der Waals surface area contributed by atoms with Gasteiger partial charge in [0.15, 0.2) is 15.6 Å². The van der Waals surface area contributed by atoms with Crippen LogP contribution < -0.4 is 0 Å². The van der Waals surface area contributed by atoms with E-state index in [4.69, 9.17) is 0 Å². The molecule has 0 fully saturated rings. The molecule has 2 aromatic carbocycles. The molecule has 101 valence electrons. The van der Waals surface area contributed by atoms with Crippen LogP contribution in [0.2, 0.25) is 0 Å². The first-order valence-electron chi connectivity index (χ1n) is 5.46. The predicted molar refractivity (Wildman–Crippen MR) is 69.3 cm³/mol. The summed E-state index contributed by atoms with van der Waals surface area (Å²) in [5.41, 5.74) is 0.414. The fourth-order valence-corrected chi connectivity index (χ4v) is 2.84. The quantitative estimate of drug-likeness (QED) is 0.670. The number of ketones is 1. The van der Waals surface area contributed by atoms with Crippen molar-refractivity contribution < 1.29 is 33.3 Å². The molecule has 5 heteroatoms. The van der Waals surface area contributed by atoms with Gasteiger partial charge in [0.05, 0.1) is 4.90 Å². The third-order valence-electron chi connectivity index (χ3n) is 2.52. The normalized spacial score (nSPS) is 10.5. The molecule has 0 aliphatic heterocycles. The molecule has 19 heavy (non-hydrogen) atoms. The van der Waals surface area contributed by atoms with Crippen molar-refractivity contribution in [2.45, 2.75) is 4.90 Å². The van der Waals surface area contributed by atoms with Crippen molar-refractivity contribution in [1.82, 2.24) is 0 Å². The number of hydrogen-bond donors (Lipinski definition) is 0. The topological polar surface area (TPSA) is 51.2 Å². The summed E-state index contributed by atoms with van der Waals surface area (Å²) < 4.78 is 24.0. The van der Waals surface area contributed by atoms with Gasteiger partial charge in [0.2, 0.25) is 0 Å². The molecule has 0 heterocycles. The van der Waals surface area contributed by atoms with Crippen LogP contribution in [0.3, 0.4) is 0 Å². The molecular formula is C14H12IrO3S. The van der Waals surface area contributed by atoms with Crippen molar-refractivity contribution in [2.75, 3.05) is 5.75 Å². The average Bonchev–Trinajstić information content (AvgIpc) is 2.40. The van der Waals surface area contributed by atoms with Gasteiger partial charge in [-0.15, -0.1) is 0 Å². The monoisotopic (exact) mass is 453 g/mol. The van der Waals surface area contributed by atoms with E-state index in [1.54, 1.807) is 48.5 Å². The molecule has 1 radical (unpaired) electrons. The fraction of sp³-hybridized carbons (Fsp3) is 0.0714. The Hall–Kier alpha value is -1.29. The van der Waals surface area contributed by atoms with Gasteiger partial charge in [-0.1, -0.05) is 48.5 Å². The Bertz CT molecular complexity index is 637. The van der Waals surface area contributed by atoms with E-state index < -0.39 is 15.6 Å². The molecule has 0 N–H and O–H groups in total. The third kappa shape index (κ3) is 4.10. The Morgan fingerprint density at radius 1 is 0.842 bits per heavy atom. The summed E-state index contributed by atoms with van der Waals surface area (Å²) >= 11 is 0. The van der Waals surface area contributed by atoms with Crippen molar-refractivity contribution in [3.05, 3.63) is 66.2 Å². The van der Waals surface area contributed by atoms with Crippen LogP contribution >= 0.6 is 0 Å². The molecule has 0 saturated carbocycles. The molecular weight excluding hydrogens is 440 g/mol. The Morgan fingerprint density at radius 2 is 1.32 bits per heavy atom. The van der Waals surface area contributed by atoms with Crippen LogP contribution in [-0.4, -0.2) is 20.0 Å². The Morgan fingerprint density at radius 3 is 1.84 bits per heavy atom. The largest absolute Gasteiger partial charge is 0.293 e. The van der Waals surface area contributed by atoms with E-state index in [-0.39, 0.29) is 30.8 Å². The number of Topliss-reactive ketones (excluding diaryl/α,β-unsaturated/α-hetero) is 1. The van der Waals surface area contributed by atoms with Gasteiger partial charge in [-0.2, -0.15) is 0 Å². The summed E-state index contributed by atoms with van der Waals surface area (Å²) in [6.45, 7) is 0. The predicted octanol–water partition coefficient (Wildman–Crippen LogP) is 2.34. The Labute approximate surface area is 125 Å². The summed E-state index contributed by atoms with van der Waals surface area (Å²) in [5.74, 6) is -0.888. The molecule has 0 saturated heterocycles. The molecule has 0 spiro atoms. The van der Waals surface area contributed by atoms with Crippen molar-refractivity contribution in [3.63, 3.8) is 0 Å². The number of benzene rings is 2. The average molecular weight is 453 g/mol. The molecule has 0 bridgehead atoms. The standard InChI is InChI=1S/C14H12O3S.Ir/c15-14(12-7-3-1-4-8-12)11-18(16,17)13-9-5-2-6-10-13;/h1-10H,11H2;. The first-order chi connectivity index (χ1) is 8.59. The maximum absolute atomic E-state index is 12.0. The van der Waals surface area contributed by atoms with E-state index >= 15 is 0 Å². The number of rotatable bonds is 4. The van der Waals surface area contributed by atoms with Gasteiger partial charge in [-0.3, -0.25) is 4.79 Å². The van der Waals surface area contributed by atoms with Crippen LogP contribution in [0, 0.1) is 0 Å². The molecule has 3 nitrogen and oxygen atoms in total. The van der Waals surface area contributed by atoms with Gasteiger partial charge >= 0.3 is 0 Å². The summed E-state index contributed by atoms with van der Waals surface area (Å²) in [7, 11) is -3.56. The van der Waals surface area contributed by atoms with Crippen molar-refractivity contribution in [1.29, 1.82) is 0 Å². The van der Waals surface area contributed by atoms with Crippen LogP contribution in [0.4, 0.5) is 0 Å². The number of hydrogen-bond acceptors (Lipinski definition) is 3. The second-order valence-electron chi connectivity index (χ2n) is 3.86. The van der Waals surface area contributed by atoms with E-state index in [0.29, 0.717) is 5.56 Å². The van der Waals surface area contributed by atoms with Crippen LogP contribution in [0.1, 0.15) is 10.4 Å². The van der Waals surface area contributed by atoms with E-state index in [2.05, 4.69) is 0 Å². The molecule has 0 aliphatic rings. The second-order valence-corrected chi connectivity index (χ2v) is 5.85. The zero-order valence-corrected chi connectivity index (χ0v) is 13.2. The SMILES string of the molecule is O=C(CS(=O)(=O)c1ccccc1)c1ccccc1.[Ir]. The van der Waals surface area contributed by atoms with Crippen LogP contribution in [0.15, 0.2) is 65.6 Å². The van der Waals surface area contributed by atoms with E-state index in [1.165, 1.54) is 12.1 Å². The fourth-order valence-electron chi connectivity index (χ4n) is 1.59. The van der Waals surface area contributed by atoms with Gasteiger partial charge in [0.1, 0.15) is 5.75 Å². The molecule has 0 unspecified atom stereocenters. The maximum Gasteiger partial charge on any atom is 0.185 e. The Balaban J connectivity index is 0.00000180. The molecule has 2 aromatic rings. The smallest absolute Gasteiger partial charge is 0.185 e. The van der Waals surface area contributed by atoms with Crippen molar-refractivity contribution >= 4 is 15.6 Å². The van der Waals surface area contributed by atoms with E-state index in [9.17, 15) is 13.2 Å². The van der Waals surface area contributed by atoms with E-state index in [1.807, 2.05) is 0 Å². The zero-order valence-electron chi connectivity index (χ0n) is 9.95. The van der Waals surface area contributed by atoms with Crippen LogP contribution in [0.5, 0.6) is 0 Å². The first kappa shape index (κ1) is 15.8. The summed E-state index contributed by atoms with van der Waals surface area (Å²) in [5, 5.41) is 0. The van der Waals surface area contributed by atoms with E-state index in [0.717, 1.165) is 0 Å². The minimum Gasteiger partial charge on any atom is -0.293 e. The third-order valence-corrected chi connectivity index (χ3v) is 4.15. The molecule has 0 aromatic heterocycles. The first-order valence-corrected chi connectivity index (χ1v) is 7.11. The van der Waals surface area contributed by atoms with Gasteiger partial charge in [0, 0.05) is 25.7 Å². The zero-order chi connectivity index (χ0) is 13.0. The minimum atomic E-state index is -3.56. The van der Waals surface area contributed by atoms with Crippen LogP contribution in [0.25, 0.3) is 0 Å². The second kappa shape index (κ2) is 6.75. The molecule has 0 amide bonds.